The van der Waals surface area contributed by atoms with Crippen LogP contribution in [0.25, 0.3) is 0 Å². The molecular formula is C15H23NO. The molecule has 0 N–H and O–H groups in total. The number of piperidine rings is 1. The van der Waals surface area contributed by atoms with Gasteiger partial charge in [0.2, 0.25) is 0 Å². The van der Waals surface area contributed by atoms with Gasteiger partial charge in [-0.05, 0) is 81.6 Å². The Balaban J connectivity index is 2.26. The molecule has 2 heteroatoms. The van der Waals surface area contributed by atoms with Gasteiger partial charge in [0.25, 0.3) is 0 Å². The summed E-state index contributed by atoms with van der Waals surface area (Å²) >= 11 is 0. The van der Waals surface area contributed by atoms with Gasteiger partial charge in [0, 0.05) is 0 Å². The maximum Gasteiger partial charge on any atom is 0.119 e. The fourth-order valence-electron chi connectivity index (χ4n) is 2.99. The van der Waals surface area contributed by atoms with Gasteiger partial charge in [-0.2, -0.15) is 0 Å². The van der Waals surface area contributed by atoms with Crippen LogP contribution < -0.4 is 4.74 Å². The number of likely N-dealkylation sites (tertiary alicyclic amines) is 1. The van der Waals surface area contributed by atoms with Gasteiger partial charge in [0.15, 0.2) is 0 Å². The molecule has 0 spiro atoms. The van der Waals surface area contributed by atoms with E-state index in [9.17, 15) is 0 Å². The van der Waals surface area contributed by atoms with Gasteiger partial charge in [-0.1, -0.05) is 0 Å². The fourth-order valence-corrected chi connectivity index (χ4v) is 2.99. The molecule has 1 aliphatic rings. The van der Waals surface area contributed by atoms with Crippen LogP contribution in [0, 0.1) is 13.8 Å². The second-order valence-electron chi connectivity index (χ2n) is 5.25. The summed E-state index contributed by atoms with van der Waals surface area (Å²) in [4.78, 5) is 2.42. The van der Waals surface area contributed by atoms with Crippen molar-refractivity contribution < 1.29 is 4.74 Å². The quantitative estimate of drug-likeness (QED) is 0.778. The zero-order valence-corrected chi connectivity index (χ0v) is 11.4. The monoisotopic (exact) mass is 233 g/mol. The van der Waals surface area contributed by atoms with Crippen molar-refractivity contribution in [3.8, 4) is 5.75 Å². The smallest absolute Gasteiger partial charge is 0.119 e. The molecule has 0 radical (unpaired) electrons. The van der Waals surface area contributed by atoms with Crippen LogP contribution in [-0.2, 0) is 0 Å². The summed E-state index contributed by atoms with van der Waals surface area (Å²) in [6.07, 6.45) is 2.56. The van der Waals surface area contributed by atoms with Crippen molar-refractivity contribution in [3.63, 3.8) is 0 Å². The normalized spacial score (nSPS) is 18.4. The highest BCUT2D eigenvalue weighted by atomic mass is 16.5. The van der Waals surface area contributed by atoms with Crippen LogP contribution in [0.15, 0.2) is 12.1 Å². The molecule has 1 fully saturated rings. The van der Waals surface area contributed by atoms with Crippen molar-refractivity contribution in [3.05, 3.63) is 28.8 Å². The number of aryl methyl sites for hydroxylation is 2. The third-order valence-electron chi connectivity index (χ3n) is 3.93. The molecule has 0 aromatic heterocycles. The van der Waals surface area contributed by atoms with Gasteiger partial charge in [0.1, 0.15) is 5.75 Å². The first-order valence-electron chi connectivity index (χ1n) is 6.45. The molecule has 17 heavy (non-hydrogen) atoms. The predicted octanol–water partition coefficient (Wildman–Crippen LogP) is 3.12. The highest BCUT2D eigenvalue weighted by Gasteiger charge is 2.21. The molecule has 2 nitrogen and oxygen atoms in total. The molecule has 0 aliphatic carbocycles. The summed E-state index contributed by atoms with van der Waals surface area (Å²) in [6.45, 7) is 6.86. The third-order valence-corrected chi connectivity index (χ3v) is 3.93. The lowest BCUT2D eigenvalue weighted by atomic mass is 9.84. The first-order chi connectivity index (χ1) is 8.11. The number of methoxy groups -OCH3 is 1. The van der Waals surface area contributed by atoms with E-state index in [0.717, 1.165) is 11.7 Å². The van der Waals surface area contributed by atoms with E-state index in [-0.39, 0.29) is 0 Å². The summed E-state index contributed by atoms with van der Waals surface area (Å²) in [5, 5.41) is 0. The second-order valence-corrected chi connectivity index (χ2v) is 5.25. The maximum atomic E-state index is 5.33. The van der Waals surface area contributed by atoms with Crippen LogP contribution in [0.2, 0.25) is 0 Å². The molecule has 94 valence electrons. The lowest BCUT2D eigenvalue weighted by molar-refractivity contribution is 0.254. The largest absolute Gasteiger partial charge is 0.497 e. The number of hydrogen-bond donors (Lipinski definition) is 0. The zero-order valence-electron chi connectivity index (χ0n) is 11.4. The Morgan fingerprint density at radius 2 is 1.65 bits per heavy atom. The van der Waals surface area contributed by atoms with Crippen LogP contribution in [0.1, 0.15) is 35.4 Å². The average Bonchev–Trinajstić information content (AvgIpc) is 2.30. The van der Waals surface area contributed by atoms with Crippen molar-refractivity contribution in [1.82, 2.24) is 4.90 Å². The predicted molar refractivity (Wildman–Crippen MR) is 71.9 cm³/mol. The summed E-state index contributed by atoms with van der Waals surface area (Å²) in [5.41, 5.74) is 4.33. The van der Waals surface area contributed by atoms with Gasteiger partial charge >= 0.3 is 0 Å². The highest BCUT2D eigenvalue weighted by Crippen LogP contribution is 2.34. The SMILES string of the molecule is COc1cc(C)c(C2CCN(C)CC2)c(C)c1. The van der Waals surface area contributed by atoms with Gasteiger partial charge in [-0.15, -0.1) is 0 Å². The molecule has 0 unspecified atom stereocenters. The van der Waals surface area contributed by atoms with Gasteiger partial charge in [-0.3, -0.25) is 0 Å². The minimum Gasteiger partial charge on any atom is -0.497 e. The average molecular weight is 233 g/mol. The van der Waals surface area contributed by atoms with Crippen LogP contribution in [0.5, 0.6) is 5.75 Å². The third kappa shape index (κ3) is 2.63. The first kappa shape index (κ1) is 12.4. The van der Waals surface area contributed by atoms with Gasteiger partial charge < -0.3 is 9.64 Å². The van der Waals surface area contributed by atoms with Crippen LogP contribution in [0.3, 0.4) is 0 Å². The van der Waals surface area contributed by atoms with E-state index in [1.807, 2.05) is 0 Å². The van der Waals surface area contributed by atoms with E-state index < -0.39 is 0 Å². The van der Waals surface area contributed by atoms with Crippen molar-refractivity contribution in [2.75, 3.05) is 27.2 Å². The summed E-state index contributed by atoms with van der Waals surface area (Å²) in [5.74, 6) is 1.72. The van der Waals surface area contributed by atoms with Crippen molar-refractivity contribution in [1.29, 1.82) is 0 Å². The molecule has 1 aliphatic heterocycles. The topological polar surface area (TPSA) is 12.5 Å². The molecule has 1 saturated heterocycles. The molecule has 1 aromatic carbocycles. The Hall–Kier alpha value is -1.02. The number of rotatable bonds is 2. The van der Waals surface area contributed by atoms with Crippen molar-refractivity contribution >= 4 is 0 Å². The standard InChI is InChI=1S/C15H23NO/c1-11-9-14(17-4)10-12(2)15(11)13-5-7-16(3)8-6-13/h9-10,13H,5-8H2,1-4H3. The van der Waals surface area contributed by atoms with Gasteiger partial charge in [0.05, 0.1) is 7.11 Å². The Bertz CT molecular complexity index is 369. The van der Waals surface area contributed by atoms with Gasteiger partial charge in [-0.25, -0.2) is 0 Å². The van der Waals surface area contributed by atoms with E-state index in [0.29, 0.717) is 0 Å². The summed E-state index contributed by atoms with van der Waals surface area (Å²) < 4.78 is 5.33. The van der Waals surface area contributed by atoms with Crippen LogP contribution in [-0.4, -0.2) is 32.1 Å². The van der Waals surface area contributed by atoms with E-state index in [4.69, 9.17) is 4.74 Å². The molecule has 2 rings (SSSR count). The Labute approximate surface area is 105 Å². The Morgan fingerprint density at radius 3 is 2.12 bits per heavy atom. The van der Waals surface area contributed by atoms with Crippen molar-refractivity contribution in [2.45, 2.75) is 32.6 Å². The minimum absolute atomic E-state index is 0.733. The second kappa shape index (κ2) is 5.09. The Kier molecular flexibility index (Phi) is 3.72. The molecular weight excluding hydrogens is 210 g/mol. The zero-order chi connectivity index (χ0) is 12.4. The molecule has 0 atom stereocenters. The lowest BCUT2D eigenvalue weighted by Crippen LogP contribution is -2.29. The van der Waals surface area contributed by atoms with E-state index >= 15 is 0 Å². The molecule has 1 aromatic rings. The van der Waals surface area contributed by atoms with Crippen LogP contribution >= 0.6 is 0 Å². The minimum atomic E-state index is 0.733. The molecule has 0 saturated carbocycles. The molecule has 0 bridgehead atoms. The summed E-state index contributed by atoms with van der Waals surface area (Å²) in [7, 11) is 3.95. The number of benzene rings is 1. The van der Waals surface area contributed by atoms with Crippen molar-refractivity contribution in [2.24, 2.45) is 0 Å². The van der Waals surface area contributed by atoms with E-state index in [2.05, 4.69) is 37.9 Å². The Morgan fingerprint density at radius 1 is 1.12 bits per heavy atom. The van der Waals surface area contributed by atoms with Crippen LogP contribution in [0.4, 0.5) is 0 Å². The lowest BCUT2D eigenvalue weighted by Gasteiger charge is -2.31. The van der Waals surface area contributed by atoms with E-state index in [1.165, 1.54) is 37.1 Å². The maximum absolute atomic E-state index is 5.33. The molecule has 0 amide bonds. The number of nitrogens with zero attached hydrogens (tertiary/aromatic N) is 1. The highest BCUT2D eigenvalue weighted by molar-refractivity contribution is 5.43. The van der Waals surface area contributed by atoms with E-state index in [1.54, 1.807) is 12.7 Å². The number of ether oxygens (including phenoxy) is 1. The summed E-state index contributed by atoms with van der Waals surface area (Å²) in [6, 6.07) is 4.33. The molecule has 1 heterocycles. The number of hydrogen-bond acceptors (Lipinski definition) is 2. The fraction of sp³-hybridized carbons (Fsp3) is 0.600. The first-order valence-corrected chi connectivity index (χ1v) is 6.45.